The molecular weight excluding hydrogens is 302 g/mol. The van der Waals surface area contributed by atoms with Gasteiger partial charge in [-0.15, -0.1) is 0 Å². The number of nitrogens with one attached hydrogen (secondary N) is 1. The fourth-order valence-corrected chi connectivity index (χ4v) is 2.47. The van der Waals surface area contributed by atoms with E-state index in [-0.39, 0.29) is 6.10 Å². The molecule has 0 unspecified atom stereocenters. The molecule has 0 aliphatic heterocycles. The highest BCUT2D eigenvalue weighted by molar-refractivity contribution is 5.81. The third kappa shape index (κ3) is 4.35. The van der Waals surface area contributed by atoms with Gasteiger partial charge in [0.05, 0.1) is 6.10 Å². The van der Waals surface area contributed by atoms with Crippen molar-refractivity contribution in [1.82, 2.24) is 5.32 Å². The molecule has 1 fully saturated rings. The first kappa shape index (κ1) is 16.6. The molecule has 22 heavy (non-hydrogen) atoms. The quantitative estimate of drug-likeness (QED) is 0.866. The van der Waals surface area contributed by atoms with Gasteiger partial charge in [0.1, 0.15) is 11.6 Å². The van der Waals surface area contributed by atoms with Crippen molar-refractivity contribution in [3.05, 3.63) is 29.6 Å². The van der Waals surface area contributed by atoms with Crippen molar-refractivity contribution < 1.29 is 27.1 Å². The standard InChI is InChI=1S/C15H17F4NO2/c1-9-2-3-10(16)8-13(9)22-12-6-4-11(5-7-12)20-14(21)15(17,18)19/h2-3,8,11-12H,4-7H2,1H3,(H,20,21)/t11-,12-. The van der Waals surface area contributed by atoms with Gasteiger partial charge >= 0.3 is 12.1 Å². The summed E-state index contributed by atoms with van der Waals surface area (Å²) in [6.45, 7) is 1.80. The van der Waals surface area contributed by atoms with Gasteiger partial charge in [0, 0.05) is 12.1 Å². The van der Waals surface area contributed by atoms with E-state index in [1.54, 1.807) is 13.0 Å². The predicted molar refractivity (Wildman–Crippen MR) is 72.0 cm³/mol. The average Bonchev–Trinajstić information content (AvgIpc) is 2.44. The molecule has 0 saturated heterocycles. The number of amides is 1. The van der Waals surface area contributed by atoms with E-state index in [2.05, 4.69) is 0 Å². The molecule has 1 aromatic carbocycles. The second-order valence-electron chi connectivity index (χ2n) is 5.47. The lowest BCUT2D eigenvalue weighted by Crippen LogP contribution is -2.45. The summed E-state index contributed by atoms with van der Waals surface area (Å²) in [5, 5.41) is 1.98. The summed E-state index contributed by atoms with van der Waals surface area (Å²) in [4.78, 5) is 10.9. The third-order valence-electron chi connectivity index (χ3n) is 3.71. The zero-order valence-electron chi connectivity index (χ0n) is 12.0. The van der Waals surface area contributed by atoms with E-state index in [0.717, 1.165) is 5.56 Å². The highest BCUT2D eigenvalue weighted by Gasteiger charge is 2.40. The van der Waals surface area contributed by atoms with Gasteiger partial charge in [-0.3, -0.25) is 4.79 Å². The number of carbonyl (C=O) groups is 1. The molecule has 7 heteroatoms. The molecule has 0 heterocycles. The van der Waals surface area contributed by atoms with Crippen molar-refractivity contribution in [3.63, 3.8) is 0 Å². The van der Waals surface area contributed by atoms with E-state index in [1.165, 1.54) is 12.1 Å². The number of alkyl halides is 3. The van der Waals surface area contributed by atoms with Crippen LogP contribution < -0.4 is 10.1 Å². The molecule has 0 aromatic heterocycles. The predicted octanol–water partition coefficient (Wildman–Crippen LogP) is 3.50. The average molecular weight is 319 g/mol. The first-order chi connectivity index (χ1) is 10.3. The van der Waals surface area contributed by atoms with Gasteiger partial charge < -0.3 is 10.1 Å². The molecule has 122 valence electrons. The van der Waals surface area contributed by atoms with Gasteiger partial charge in [-0.2, -0.15) is 13.2 Å². The Hall–Kier alpha value is -1.79. The molecule has 0 spiro atoms. The Labute approximate surface area is 125 Å². The number of ether oxygens (including phenoxy) is 1. The van der Waals surface area contributed by atoms with Gasteiger partial charge in [0.2, 0.25) is 0 Å². The zero-order chi connectivity index (χ0) is 16.3. The van der Waals surface area contributed by atoms with E-state index in [0.29, 0.717) is 31.4 Å². The lowest BCUT2D eigenvalue weighted by Gasteiger charge is -2.30. The summed E-state index contributed by atoms with van der Waals surface area (Å²) < 4.78 is 55.4. The number of rotatable bonds is 3. The normalized spacial score (nSPS) is 22.2. The van der Waals surface area contributed by atoms with Crippen LogP contribution in [0.1, 0.15) is 31.2 Å². The number of halogens is 4. The molecule has 3 nitrogen and oxygen atoms in total. The minimum atomic E-state index is -4.86. The number of hydrogen-bond acceptors (Lipinski definition) is 2. The molecule has 0 radical (unpaired) electrons. The largest absolute Gasteiger partial charge is 0.490 e. The molecule has 1 N–H and O–H groups in total. The van der Waals surface area contributed by atoms with Crippen LogP contribution in [0.3, 0.4) is 0 Å². The van der Waals surface area contributed by atoms with E-state index in [1.807, 2.05) is 5.32 Å². The SMILES string of the molecule is Cc1ccc(F)cc1O[C@H]1CC[C@H](NC(=O)C(F)(F)F)CC1. The number of benzene rings is 1. The first-order valence-corrected chi connectivity index (χ1v) is 7.06. The molecule has 1 aliphatic carbocycles. The number of carbonyl (C=O) groups excluding carboxylic acids is 1. The maximum absolute atomic E-state index is 13.2. The highest BCUT2D eigenvalue weighted by atomic mass is 19.4. The van der Waals surface area contributed by atoms with Crippen LogP contribution in [0.15, 0.2) is 18.2 Å². The Bertz CT molecular complexity index is 537. The zero-order valence-corrected chi connectivity index (χ0v) is 12.0. The van der Waals surface area contributed by atoms with Crippen LogP contribution in [0.4, 0.5) is 17.6 Å². The van der Waals surface area contributed by atoms with Gasteiger partial charge in [-0.05, 0) is 44.2 Å². The van der Waals surface area contributed by atoms with E-state index >= 15 is 0 Å². The van der Waals surface area contributed by atoms with Crippen molar-refractivity contribution in [2.75, 3.05) is 0 Å². The molecule has 2 rings (SSSR count). The minimum absolute atomic E-state index is 0.181. The minimum Gasteiger partial charge on any atom is -0.490 e. The van der Waals surface area contributed by atoms with Crippen LogP contribution in [-0.2, 0) is 4.79 Å². The molecule has 1 amide bonds. The van der Waals surface area contributed by atoms with Gasteiger partial charge in [0.25, 0.3) is 0 Å². The van der Waals surface area contributed by atoms with Crippen molar-refractivity contribution in [1.29, 1.82) is 0 Å². The maximum Gasteiger partial charge on any atom is 0.471 e. The third-order valence-corrected chi connectivity index (χ3v) is 3.71. The monoisotopic (exact) mass is 319 g/mol. The number of aryl methyl sites for hydroxylation is 1. The van der Waals surface area contributed by atoms with Crippen molar-refractivity contribution in [3.8, 4) is 5.75 Å². The molecule has 1 aliphatic rings. The lowest BCUT2D eigenvalue weighted by molar-refractivity contribution is -0.174. The van der Waals surface area contributed by atoms with Gasteiger partial charge in [0.15, 0.2) is 0 Å². The fourth-order valence-electron chi connectivity index (χ4n) is 2.47. The highest BCUT2D eigenvalue weighted by Crippen LogP contribution is 2.27. The summed E-state index contributed by atoms with van der Waals surface area (Å²) in [5.41, 5.74) is 0.800. The Morgan fingerprint density at radius 1 is 1.23 bits per heavy atom. The van der Waals surface area contributed by atoms with Crippen LogP contribution in [-0.4, -0.2) is 24.2 Å². The summed E-state index contributed by atoms with van der Waals surface area (Å²) in [6.07, 6.45) is -3.20. The van der Waals surface area contributed by atoms with Crippen LogP contribution in [0.2, 0.25) is 0 Å². The van der Waals surface area contributed by atoms with Gasteiger partial charge in [-0.25, -0.2) is 4.39 Å². The Morgan fingerprint density at radius 3 is 2.45 bits per heavy atom. The maximum atomic E-state index is 13.2. The van der Waals surface area contributed by atoms with Crippen LogP contribution >= 0.6 is 0 Å². The molecular formula is C15H17F4NO2. The smallest absolute Gasteiger partial charge is 0.471 e. The lowest BCUT2D eigenvalue weighted by atomic mass is 9.93. The Morgan fingerprint density at radius 2 is 1.86 bits per heavy atom. The first-order valence-electron chi connectivity index (χ1n) is 7.06. The van der Waals surface area contributed by atoms with E-state index in [9.17, 15) is 22.4 Å². The van der Waals surface area contributed by atoms with Crippen molar-refractivity contribution >= 4 is 5.91 Å². The molecule has 0 atom stereocenters. The number of hydrogen-bond donors (Lipinski definition) is 1. The topological polar surface area (TPSA) is 38.3 Å². The second-order valence-corrected chi connectivity index (χ2v) is 5.47. The van der Waals surface area contributed by atoms with Crippen LogP contribution in [0.25, 0.3) is 0 Å². The summed E-state index contributed by atoms with van der Waals surface area (Å²) in [7, 11) is 0. The summed E-state index contributed by atoms with van der Waals surface area (Å²) >= 11 is 0. The summed E-state index contributed by atoms with van der Waals surface area (Å²) in [5.74, 6) is -1.85. The Balaban J connectivity index is 1.85. The van der Waals surface area contributed by atoms with E-state index < -0.39 is 23.9 Å². The van der Waals surface area contributed by atoms with Gasteiger partial charge in [-0.1, -0.05) is 6.07 Å². The van der Waals surface area contributed by atoms with Crippen molar-refractivity contribution in [2.45, 2.75) is 50.9 Å². The van der Waals surface area contributed by atoms with Crippen LogP contribution in [0, 0.1) is 12.7 Å². The van der Waals surface area contributed by atoms with Crippen LogP contribution in [0.5, 0.6) is 5.75 Å². The van der Waals surface area contributed by atoms with E-state index in [4.69, 9.17) is 4.74 Å². The Kier molecular flexibility index (Phi) is 4.93. The second kappa shape index (κ2) is 6.54. The molecule has 1 aromatic rings. The molecule has 1 saturated carbocycles. The molecule has 0 bridgehead atoms. The fraction of sp³-hybridized carbons (Fsp3) is 0.533. The summed E-state index contributed by atoms with van der Waals surface area (Å²) in [6, 6.07) is 3.75. The van der Waals surface area contributed by atoms with Crippen molar-refractivity contribution in [2.24, 2.45) is 0 Å².